The summed E-state index contributed by atoms with van der Waals surface area (Å²) in [5, 5.41) is 9.82. The average Bonchev–Trinajstić information content (AvgIpc) is 3.17. The summed E-state index contributed by atoms with van der Waals surface area (Å²) in [7, 11) is 0. The van der Waals surface area contributed by atoms with Crippen LogP contribution in [0.25, 0.3) is 5.57 Å². The minimum Gasteiger partial charge on any atom is -0.478 e. The predicted molar refractivity (Wildman–Crippen MR) is 133 cm³/mol. The number of pyridine rings is 1. The Morgan fingerprint density at radius 3 is 2.67 bits per heavy atom. The summed E-state index contributed by atoms with van der Waals surface area (Å²) < 4.78 is 0. The van der Waals surface area contributed by atoms with Gasteiger partial charge in [-0.05, 0) is 104 Å². The molecule has 174 valence electrons. The zero-order chi connectivity index (χ0) is 23.2. The first-order chi connectivity index (χ1) is 15.9. The van der Waals surface area contributed by atoms with Crippen LogP contribution in [0.15, 0.2) is 66.1 Å². The molecule has 0 aliphatic heterocycles. The van der Waals surface area contributed by atoms with Crippen LogP contribution >= 0.6 is 0 Å². The lowest BCUT2D eigenvalue weighted by Crippen LogP contribution is -2.49. The van der Waals surface area contributed by atoms with Gasteiger partial charge in [-0.3, -0.25) is 4.98 Å². The molecule has 0 bridgehead atoms. The third kappa shape index (κ3) is 3.55. The molecule has 3 nitrogen and oxygen atoms in total. The fourth-order valence-electron chi connectivity index (χ4n) is 8.05. The topological polar surface area (TPSA) is 50.2 Å². The number of fused-ring (bicyclic) bond motifs is 5. The Bertz CT molecular complexity index is 1050. The van der Waals surface area contributed by atoms with E-state index in [-0.39, 0.29) is 16.7 Å². The van der Waals surface area contributed by atoms with Gasteiger partial charge in [-0.2, -0.15) is 0 Å². The number of carboxylic acids is 1. The second-order valence-electron chi connectivity index (χ2n) is 11.2. The molecular formula is C30H37NO2. The minimum atomic E-state index is -0.760. The minimum absolute atomic E-state index is 0.133. The molecule has 0 amide bonds. The fraction of sp³-hybridized carbons (Fsp3) is 0.533. The van der Waals surface area contributed by atoms with E-state index in [0.717, 1.165) is 31.6 Å². The highest BCUT2D eigenvalue weighted by molar-refractivity contribution is 5.87. The van der Waals surface area contributed by atoms with E-state index in [4.69, 9.17) is 0 Å². The fourth-order valence-corrected chi connectivity index (χ4v) is 8.05. The van der Waals surface area contributed by atoms with Gasteiger partial charge in [0, 0.05) is 18.0 Å². The summed E-state index contributed by atoms with van der Waals surface area (Å²) in [6, 6.07) is 4.28. The Balaban J connectivity index is 1.40. The van der Waals surface area contributed by atoms with Gasteiger partial charge in [0.25, 0.3) is 0 Å². The van der Waals surface area contributed by atoms with Crippen LogP contribution in [0.5, 0.6) is 0 Å². The summed E-state index contributed by atoms with van der Waals surface area (Å²) in [5.41, 5.74) is 5.40. The number of nitrogens with zero attached hydrogens (tertiary/aromatic N) is 1. The van der Waals surface area contributed by atoms with Crippen LogP contribution in [-0.2, 0) is 4.79 Å². The Kier molecular flexibility index (Phi) is 5.71. The first kappa shape index (κ1) is 22.4. The number of aromatic nitrogens is 1. The number of hydrogen-bond donors (Lipinski definition) is 1. The van der Waals surface area contributed by atoms with E-state index in [9.17, 15) is 9.90 Å². The lowest BCUT2D eigenvalue weighted by molar-refractivity contribution is -0.133. The highest BCUT2D eigenvalue weighted by Gasteiger charge is 2.57. The van der Waals surface area contributed by atoms with Crippen molar-refractivity contribution in [2.24, 2.45) is 34.5 Å². The molecular weight excluding hydrogens is 406 g/mol. The van der Waals surface area contributed by atoms with Gasteiger partial charge < -0.3 is 5.11 Å². The first-order valence-corrected chi connectivity index (χ1v) is 12.7. The molecule has 3 heteroatoms. The highest BCUT2D eigenvalue weighted by atomic mass is 16.4. The molecule has 0 spiro atoms. The van der Waals surface area contributed by atoms with E-state index in [1.165, 1.54) is 36.0 Å². The van der Waals surface area contributed by atoms with Crippen LogP contribution in [0.2, 0.25) is 0 Å². The largest absolute Gasteiger partial charge is 0.478 e. The second kappa shape index (κ2) is 8.42. The van der Waals surface area contributed by atoms with Crippen LogP contribution < -0.4 is 0 Å². The first-order valence-electron chi connectivity index (χ1n) is 12.7. The van der Waals surface area contributed by atoms with Crippen molar-refractivity contribution in [2.45, 2.75) is 65.7 Å². The average molecular weight is 444 g/mol. The molecule has 2 saturated carbocycles. The zero-order valence-corrected chi connectivity index (χ0v) is 20.3. The SMILES string of the molecule is C/C=C/C=C(/C(=O)O)[C@H]1CC[C@@]2(C)C(=CC[C@@H]3[C@@H]2CC[C@]2(C)C(c4cccnc4)=CC[C@@H]32)C1. The van der Waals surface area contributed by atoms with Crippen molar-refractivity contribution in [1.82, 2.24) is 4.98 Å². The highest BCUT2D eigenvalue weighted by Crippen LogP contribution is 2.66. The molecule has 1 heterocycles. The molecule has 6 atom stereocenters. The molecule has 2 fully saturated rings. The molecule has 0 radical (unpaired) electrons. The van der Waals surface area contributed by atoms with Crippen LogP contribution in [0.4, 0.5) is 0 Å². The van der Waals surface area contributed by atoms with Crippen molar-refractivity contribution in [3.8, 4) is 0 Å². The van der Waals surface area contributed by atoms with Gasteiger partial charge in [0.2, 0.25) is 0 Å². The lowest BCUT2D eigenvalue weighted by atomic mass is 9.46. The number of carbonyl (C=O) groups is 1. The third-order valence-electron chi connectivity index (χ3n) is 9.81. The normalized spacial score (nSPS) is 38.2. The number of aliphatic carboxylic acids is 1. The number of allylic oxidation sites excluding steroid dienone is 7. The van der Waals surface area contributed by atoms with Crippen LogP contribution in [-0.4, -0.2) is 16.1 Å². The Labute approximate surface area is 198 Å². The summed E-state index contributed by atoms with van der Waals surface area (Å²) in [6.45, 7) is 6.94. The quantitative estimate of drug-likeness (QED) is 0.303. The number of rotatable bonds is 4. The molecule has 1 aromatic heterocycles. The van der Waals surface area contributed by atoms with Crippen molar-refractivity contribution in [3.63, 3.8) is 0 Å². The molecule has 1 aromatic rings. The van der Waals surface area contributed by atoms with Crippen LogP contribution in [0.3, 0.4) is 0 Å². The molecule has 0 saturated heterocycles. The van der Waals surface area contributed by atoms with Gasteiger partial charge in [-0.25, -0.2) is 4.79 Å². The maximum Gasteiger partial charge on any atom is 0.331 e. The van der Waals surface area contributed by atoms with Crippen molar-refractivity contribution in [2.75, 3.05) is 0 Å². The van der Waals surface area contributed by atoms with Crippen molar-refractivity contribution < 1.29 is 9.90 Å². The molecule has 0 unspecified atom stereocenters. The van der Waals surface area contributed by atoms with Crippen molar-refractivity contribution >= 4 is 11.5 Å². The summed E-state index contributed by atoms with van der Waals surface area (Å²) >= 11 is 0. The second-order valence-corrected chi connectivity index (χ2v) is 11.2. The summed E-state index contributed by atoms with van der Waals surface area (Å²) in [6.07, 6.45) is 22.4. The Hall–Kier alpha value is -2.42. The van der Waals surface area contributed by atoms with E-state index in [1.807, 2.05) is 37.5 Å². The monoisotopic (exact) mass is 443 g/mol. The van der Waals surface area contributed by atoms with Crippen molar-refractivity contribution in [1.29, 1.82) is 0 Å². The van der Waals surface area contributed by atoms with E-state index < -0.39 is 5.97 Å². The van der Waals surface area contributed by atoms with Gasteiger partial charge in [-0.1, -0.05) is 55.9 Å². The predicted octanol–water partition coefficient (Wildman–Crippen LogP) is 7.24. The molecule has 33 heavy (non-hydrogen) atoms. The van der Waals surface area contributed by atoms with Gasteiger partial charge in [0.05, 0.1) is 0 Å². The standard InChI is InChI=1S/C30H37NO2/c1-4-5-8-23(28(32)33)20-13-15-29(2)22(18-20)9-10-24-26-12-11-25(21-7-6-17-31-19-21)30(26,3)16-14-27(24)29/h4-9,11,17,19-20,24,26-27H,10,12-16,18H2,1-3H3,(H,32,33)/b5-4+,23-8+/t20-,24-,26-,27-,29-,30+/m0/s1. The van der Waals surface area contributed by atoms with Gasteiger partial charge in [0.1, 0.15) is 0 Å². The number of hydrogen-bond acceptors (Lipinski definition) is 2. The Morgan fingerprint density at radius 2 is 1.94 bits per heavy atom. The van der Waals surface area contributed by atoms with Crippen LogP contribution in [0, 0.1) is 34.5 Å². The summed E-state index contributed by atoms with van der Waals surface area (Å²) in [5.74, 6) is 1.50. The van der Waals surface area contributed by atoms with E-state index in [2.05, 4.69) is 43.1 Å². The molecule has 4 aliphatic carbocycles. The Morgan fingerprint density at radius 1 is 1.12 bits per heavy atom. The van der Waals surface area contributed by atoms with Crippen molar-refractivity contribution in [3.05, 3.63) is 71.6 Å². The van der Waals surface area contributed by atoms with E-state index in [1.54, 1.807) is 0 Å². The van der Waals surface area contributed by atoms with Gasteiger partial charge in [0.15, 0.2) is 0 Å². The van der Waals surface area contributed by atoms with E-state index in [0.29, 0.717) is 17.4 Å². The van der Waals surface area contributed by atoms with Gasteiger partial charge in [-0.15, -0.1) is 0 Å². The summed E-state index contributed by atoms with van der Waals surface area (Å²) in [4.78, 5) is 16.3. The van der Waals surface area contributed by atoms with Gasteiger partial charge >= 0.3 is 5.97 Å². The smallest absolute Gasteiger partial charge is 0.331 e. The van der Waals surface area contributed by atoms with Crippen LogP contribution in [0.1, 0.15) is 71.3 Å². The number of carboxylic acid groups (broad SMARTS) is 1. The maximum atomic E-state index is 11.9. The molecule has 4 aliphatic rings. The third-order valence-corrected chi connectivity index (χ3v) is 9.81. The maximum absolute atomic E-state index is 11.9. The zero-order valence-electron chi connectivity index (χ0n) is 20.3. The molecule has 1 N–H and O–H groups in total. The lowest BCUT2D eigenvalue weighted by Gasteiger charge is -2.58. The van der Waals surface area contributed by atoms with E-state index >= 15 is 0 Å². The molecule has 5 rings (SSSR count). The molecule has 0 aromatic carbocycles.